The molecule has 0 aliphatic heterocycles. The van der Waals surface area contributed by atoms with E-state index in [2.05, 4.69) is 32.6 Å². The topological polar surface area (TPSA) is 3.24 Å². The van der Waals surface area contributed by atoms with E-state index in [0.29, 0.717) is 5.54 Å². The van der Waals surface area contributed by atoms with E-state index in [-0.39, 0.29) is 0 Å². The van der Waals surface area contributed by atoms with Crippen LogP contribution < -0.4 is 0 Å². The van der Waals surface area contributed by atoms with E-state index in [0.717, 1.165) is 5.92 Å². The van der Waals surface area contributed by atoms with Gasteiger partial charge in [0.15, 0.2) is 0 Å². The molecule has 0 spiro atoms. The number of hydrogen-bond donors (Lipinski definition) is 0. The summed E-state index contributed by atoms with van der Waals surface area (Å²) >= 11 is 0. The summed E-state index contributed by atoms with van der Waals surface area (Å²) in [5.41, 5.74) is 0.424. The van der Waals surface area contributed by atoms with Gasteiger partial charge in [-0.2, -0.15) is 0 Å². The normalized spacial score (nSPS) is 17.8. The van der Waals surface area contributed by atoms with Crippen LogP contribution in [0.2, 0.25) is 0 Å². The highest BCUT2D eigenvalue weighted by molar-refractivity contribution is 4.86. The number of rotatable bonds is 7. The van der Waals surface area contributed by atoms with Gasteiger partial charge in [0.25, 0.3) is 0 Å². The van der Waals surface area contributed by atoms with Crippen molar-refractivity contribution in [3.05, 3.63) is 0 Å². The van der Waals surface area contributed by atoms with Crippen molar-refractivity contribution in [1.82, 2.24) is 4.90 Å². The Bertz CT molecular complexity index is 159. The van der Waals surface area contributed by atoms with Gasteiger partial charge in [0.05, 0.1) is 0 Å². The van der Waals surface area contributed by atoms with Gasteiger partial charge >= 0.3 is 0 Å². The van der Waals surface area contributed by atoms with E-state index < -0.39 is 0 Å². The van der Waals surface area contributed by atoms with Crippen molar-refractivity contribution in [3.8, 4) is 0 Å². The lowest BCUT2D eigenvalue weighted by atomic mass is 9.95. The first-order chi connectivity index (χ1) is 6.60. The van der Waals surface area contributed by atoms with Gasteiger partial charge in [0.1, 0.15) is 0 Å². The van der Waals surface area contributed by atoms with Crippen molar-refractivity contribution in [2.45, 2.75) is 65.3 Å². The van der Waals surface area contributed by atoms with Crippen LogP contribution in [0.5, 0.6) is 0 Å². The van der Waals surface area contributed by atoms with Crippen LogP contribution in [0.25, 0.3) is 0 Å². The average molecular weight is 197 g/mol. The summed E-state index contributed by atoms with van der Waals surface area (Å²) in [4.78, 5) is 2.72. The zero-order valence-corrected chi connectivity index (χ0v) is 10.5. The van der Waals surface area contributed by atoms with Crippen molar-refractivity contribution >= 4 is 0 Å². The molecule has 0 bridgehead atoms. The second-order valence-corrected chi connectivity index (χ2v) is 5.45. The molecule has 14 heavy (non-hydrogen) atoms. The van der Waals surface area contributed by atoms with Crippen molar-refractivity contribution < 1.29 is 0 Å². The van der Waals surface area contributed by atoms with Crippen molar-refractivity contribution in [1.29, 1.82) is 0 Å². The van der Waals surface area contributed by atoms with Crippen LogP contribution in [-0.2, 0) is 0 Å². The summed E-state index contributed by atoms with van der Waals surface area (Å²) in [6, 6.07) is 0. The molecule has 0 N–H and O–H groups in total. The fraction of sp³-hybridized carbons (Fsp3) is 1.00. The largest absolute Gasteiger partial charge is 0.298 e. The van der Waals surface area contributed by atoms with E-state index >= 15 is 0 Å². The average Bonchev–Trinajstić information content (AvgIpc) is 2.87. The maximum absolute atomic E-state index is 2.72. The minimum Gasteiger partial charge on any atom is -0.298 e. The summed E-state index contributed by atoms with van der Waals surface area (Å²) in [7, 11) is 0. The molecule has 0 saturated heterocycles. The molecule has 0 atom stereocenters. The lowest BCUT2D eigenvalue weighted by Crippen LogP contribution is -2.45. The van der Waals surface area contributed by atoms with E-state index in [1.54, 1.807) is 0 Å². The quantitative estimate of drug-likeness (QED) is 0.601. The van der Waals surface area contributed by atoms with Gasteiger partial charge in [0.2, 0.25) is 0 Å². The van der Waals surface area contributed by atoms with Gasteiger partial charge in [0, 0.05) is 12.1 Å². The Balaban J connectivity index is 2.44. The van der Waals surface area contributed by atoms with Crippen LogP contribution in [0.1, 0.15) is 59.8 Å². The maximum Gasteiger partial charge on any atom is 0.0153 e. The van der Waals surface area contributed by atoms with Crippen molar-refractivity contribution in [3.63, 3.8) is 0 Å². The Labute approximate surface area is 89.9 Å². The molecular weight excluding hydrogens is 170 g/mol. The Morgan fingerprint density at radius 1 is 1.14 bits per heavy atom. The first kappa shape index (κ1) is 12.0. The van der Waals surface area contributed by atoms with Crippen LogP contribution in [0.4, 0.5) is 0 Å². The van der Waals surface area contributed by atoms with Gasteiger partial charge in [-0.1, -0.05) is 20.3 Å². The Morgan fingerprint density at radius 2 is 1.79 bits per heavy atom. The van der Waals surface area contributed by atoms with Gasteiger partial charge in [-0.05, 0) is 52.0 Å². The summed E-state index contributed by atoms with van der Waals surface area (Å²) in [6.45, 7) is 12.0. The lowest BCUT2D eigenvalue weighted by Gasteiger charge is -2.38. The van der Waals surface area contributed by atoms with Gasteiger partial charge in [-0.25, -0.2) is 0 Å². The molecule has 1 fully saturated rings. The molecule has 0 aromatic carbocycles. The number of hydrogen-bond acceptors (Lipinski definition) is 1. The van der Waals surface area contributed by atoms with Gasteiger partial charge in [-0.15, -0.1) is 0 Å². The molecule has 0 unspecified atom stereocenters. The minimum atomic E-state index is 0.424. The molecule has 1 aliphatic rings. The summed E-state index contributed by atoms with van der Waals surface area (Å²) in [6.07, 6.45) is 6.88. The molecule has 0 aromatic heterocycles. The highest BCUT2D eigenvalue weighted by Crippen LogP contribution is 2.33. The van der Waals surface area contributed by atoms with Crippen molar-refractivity contribution in [2.75, 3.05) is 13.1 Å². The third kappa shape index (κ3) is 3.61. The highest BCUT2D eigenvalue weighted by atomic mass is 15.2. The fourth-order valence-corrected chi connectivity index (χ4v) is 2.29. The Hall–Kier alpha value is -0.0400. The van der Waals surface area contributed by atoms with Gasteiger partial charge < -0.3 is 0 Å². The molecular formula is C13H27N. The second kappa shape index (κ2) is 5.16. The summed E-state index contributed by atoms with van der Waals surface area (Å²) in [5, 5.41) is 0. The molecule has 0 heterocycles. The third-order valence-corrected chi connectivity index (χ3v) is 3.39. The van der Waals surface area contributed by atoms with Crippen LogP contribution in [-0.4, -0.2) is 23.5 Å². The van der Waals surface area contributed by atoms with E-state index in [9.17, 15) is 0 Å². The zero-order chi connectivity index (χ0) is 10.6. The second-order valence-electron chi connectivity index (χ2n) is 5.45. The highest BCUT2D eigenvalue weighted by Gasteiger charge is 2.31. The third-order valence-electron chi connectivity index (χ3n) is 3.39. The molecule has 0 amide bonds. The molecule has 1 aliphatic carbocycles. The van der Waals surface area contributed by atoms with Crippen LogP contribution >= 0.6 is 0 Å². The molecule has 1 heteroatoms. The summed E-state index contributed by atoms with van der Waals surface area (Å²) in [5.74, 6) is 1.03. The van der Waals surface area contributed by atoms with E-state index in [1.165, 1.54) is 45.2 Å². The maximum atomic E-state index is 2.72. The molecule has 84 valence electrons. The zero-order valence-electron chi connectivity index (χ0n) is 10.5. The molecule has 1 saturated carbocycles. The van der Waals surface area contributed by atoms with E-state index in [4.69, 9.17) is 0 Å². The first-order valence-electron chi connectivity index (χ1n) is 6.35. The fourth-order valence-electron chi connectivity index (χ4n) is 2.29. The van der Waals surface area contributed by atoms with E-state index in [1.807, 2.05) is 0 Å². The Kier molecular flexibility index (Phi) is 4.43. The minimum absolute atomic E-state index is 0.424. The van der Waals surface area contributed by atoms with Crippen LogP contribution in [0, 0.1) is 5.92 Å². The first-order valence-corrected chi connectivity index (χ1v) is 6.35. The van der Waals surface area contributed by atoms with Gasteiger partial charge in [-0.3, -0.25) is 4.90 Å². The predicted molar refractivity (Wildman–Crippen MR) is 63.6 cm³/mol. The standard InChI is InChI=1S/C13H27N/c1-5-9-13(3,4)14(10-6-2)11-12-7-8-12/h12H,5-11H2,1-4H3. The summed E-state index contributed by atoms with van der Waals surface area (Å²) < 4.78 is 0. The van der Waals surface area contributed by atoms with Crippen molar-refractivity contribution in [2.24, 2.45) is 5.92 Å². The molecule has 0 radical (unpaired) electrons. The Morgan fingerprint density at radius 3 is 2.21 bits per heavy atom. The molecule has 1 nitrogen and oxygen atoms in total. The SMILES string of the molecule is CCCN(CC1CC1)C(C)(C)CCC. The monoisotopic (exact) mass is 197 g/mol. The van der Waals surface area contributed by atoms with Crippen LogP contribution in [0.15, 0.2) is 0 Å². The molecule has 1 rings (SSSR count). The molecule has 0 aromatic rings. The smallest absolute Gasteiger partial charge is 0.0153 e. The predicted octanol–water partition coefficient (Wildman–Crippen LogP) is 3.69. The lowest BCUT2D eigenvalue weighted by molar-refractivity contribution is 0.104. The number of nitrogens with zero attached hydrogens (tertiary/aromatic N) is 1. The van der Waals surface area contributed by atoms with Crippen LogP contribution in [0.3, 0.4) is 0 Å².